The van der Waals surface area contributed by atoms with E-state index in [9.17, 15) is 14.0 Å². The van der Waals surface area contributed by atoms with Crippen LogP contribution in [0.25, 0.3) is 0 Å². The van der Waals surface area contributed by atoms with Gasteiger partial charge in [-0.05, 0) is 24.3 Å². The summed E-state index contributed by atoms with van der Waals surface area (Å²) >= 11 is 0. The molecule has 1 aromatic heterocycles. The predicted molar refractivity (Wildman–Crippen MR) is 108 cm³/mol. The van der Waals surface area contributed by atoms with Gasteiger partial charge in [-0.15, -0.1) is 6.58 Å². The van der Waals surface area contributed by atoms with Crippen LogP contribution in [-0.4, -0.2) is 56.0 Å². The van der Waals surface area contributed by atoms with Gasteiger partial charge in [-0.1, -0.05) is 18.2 Å². The smallest absolute Gasteiger partial charge is 0.309 e. The lowest BCUT2D eigenvalue weighted by Gasteiger charge is -2.39. The lowest BCUT2D eigenvalue weighted by Crippen LogP contribution is -2.51. The van der Waals surface area contributed by atoms with Crippen molar-refractivity contribution in [2.75, 3.05) is 44.2 Å². The Morgan fingerprint density at radius 3 is 2.48 bits per heavy atom. The van der Waals surface area contributed by atoms with Crippen LogP contribution in [0.3, 0.4) is 0 Å². The minimum Gasteiger partial charge on any atom is -0.468 e. The summed E-state index contributed by atoms with van der Waals surface area (Å²) in [6.45, 7) is 6.58. The molecule has 29 heavy (non-hydrogen) atoms. The van der Waals surface area contributed by atoms with Gasteiger partial charge in [0.1, 0.15) is 11.6 Å². The third kappa shape index (κ3) is 5.23. The molecule has 2 aromatic rings. The molecule has 1 saturated heterocycles. The molecule has 1 aliphatic rings. The summed E-state index contributed by atoms with van der Waals surface area (Å²) in [7, 11) is 0. The number of amides is 2. The topological polar surface area (TPSA) is 77.8 Å². The highest BCUT2D eigenvalue weighted by atomic mass is 19.1. The summed E-state index contributed by atoms with van der Waals surface area (Å²) in [6.07, 6.45) is 3.09. The SMILES string of the molecule is C=CCNC(=O)C(=O)NCC(c1ccco1)N1CCN(c2ccccc2F)CC1. The van der Waals surface area contributed by atoms with Gasteiger partial charge in [0, 0.05) is 39.3 Å². The highest BCUT2D eigenvalue weighted by molar-refractivity contribution is 6.35. The van der Waals surface area contributed by atoms with Crippen molar-refractivity contribution in [1.82, 2.24) is 15.5 Å². The second-order valence-electron chi connectivity index (χ2n) is 6.71. The third-order valence-corrected chi connectivity index (χ3v) is 4.89. The summed E-state index contributed by atoms with van der Waals surface area (Å²) in [5.41, 5.74) is 0.592. The van der Waals surface area contributed by atoms with Crippen LogP contribution in [0.4, 0.5) is 10.1 Å². The number of hydrogen-bond acceptors (Lipinski definition) is 5. The van der Waals surface area contributed by atoms with E-state index in [4.69, 9.17) is 4.42 Å². The largest absolute Gasteiger partial charge is 0.468 e. The number of benzene rings is 1. The molecule has 3 rings (SSSR count). The molecule has 1 aromatic carbocycles. The molecule has 8 heteroatoms. The van der Waals surface area contributed by atoms with Crippen LogP contribution in [0, 0.1) is 5.82 Å². The number of hydrogen-bond donors (Lipinski definition) is 2. The molecule has 2 heterocycles. The van der Waals surface area contributed by atoms with Gasteiger partial charge in [0.05, 0.1) is 18.0 Å². The maximum atomic E-state index is 14.1. The number of para-hydroxylation sites is 1. The van der Waals surface area contributed by atoms with Gasteiger partial charge in [0.2, 0.25) is 0 Å². The van der Waals surface area contributed by atoms with Crippen LogP contribution in [0.1, 0.15) is 11.8 Å². The molecule has 2 amide bonds. The van der Waals surface area contributed by atoms with Crippen molar-refractivity contribution in [3.8, 4) is 0 Å². The molecule has 0 bridgehead atoms. The number of carbonyl (C=O) groups is 2. The van der Waals surface area contributed by atoms with Crippen LogP contribution >= 0.6 is 0 Å². The maximum Gasteiger partial charge on any atom is 0.309 e. The van der Waals surface area contributed by atoms with E-state index in [0.717, 1.165) is 0 Å². The zero-order valence-electron chi connectivity index (χ0n) is 16.1. The number of anilines is 1. The van der Waals surface area contributed by atoms with Crippen LogP contribution in [0.2, 0.25) is 0 Å². The van der Waals surface area contributed by atoms with Crippen molar-refractivity contribution < 1.29 is 18.4 Å². The molecule has 1 unspecified atom stereocenters. The van der Waals surface area contributed by atoms with Crippen molar-refractivity contribution in [2.45, 2.75) is 6.04 Å². The summed E-state index contributed by atoms with van der Waals surface area (Å²) < 4.78 is 19.6. The van der Waals surface area contributed by atoms with Gasteiger partial charge in [0.15, 0.2) is 0 Å². The summed E-state index contributed by atoms with van der Waals surface area (Å²) in [6, 6.07) is 10.1. The molecule has 0 spiro atoms. The van der Waals surface area contributed by atoms with Gasteiger partial charge in [-0.25, -0.2) is 4.39 Å². The van der Waals surface area contributed by atoms with Gasteiger partial charge in [0.25, 0.3) is 0 Å². The molecular formula is C21H25FN4O3. The van der Waals surface area contributed by atoms with E-state index >= 15 is 0 Å². The van der Waals surface area contributed by atoms with Crippen molar-refractivity contribution in [1.29, 1.82) is 0 Å². The Kier molecular flexibility index (Phi) is 7.02. The van der Waals surface area contributed by atoms with Crippen LogP contribution in [0.5, 0.6) is 0 Å². The second kappa shape index (κ2) is 9.88. The monoisotopic (exact) mass is 400 g/mol. The van der Waals surface area contributed by atoms with E-state index < -0.39 is 11.8 Å². The average molecular weight is 400 g/mol. The zero-order valence-corrected chi connectivity index (χ0v) is 16.1. The molecule has 1 fully saturated rings. The Morgan fingerprint density at radius 2 is 1.83 bits per heavy atom. The normalized spacial score (nSPS) is 15.6. The quantitative estimate of drug-likeness (QED) is 0.547. The van der Waals surface area contributed by atoms with Crippen molar-refractivity contribution in [2.24, 2.45) is 0 Å². The minimum absolute atomic E-state index is 0.219. The molecular weight excluding hydrogens is 375 g/mol. The fourth-order valence-corrected chi connectivity index (χ4v) is 3.39. The number of piperazine rings is 1. The lowest BCUT2D eigenvalue weighted by molar-refractivity contribution is -0.139. The van der Waals surface area contributed by atoms with E-state index in [-0.39, 0.29) is 24.9 Å². The van der Waals surface area contributed by atoms with Crippen molar-refractivity contribution in [3.05, 3.63) is 66.9 Å². The number of carbonyl (C=O) groups excluding carboxylic acids is 2. The van der Waals surface area contributed by atoms with Gasteiger partial charge in [-0.2, -0.15) is 0 Å². The second-order valence-corrected chi connectivity index (χ2v) is 6.71. The van der Waals surface area contributed by atoms with Crippen molar-refractivity contribution >= 4 is 17.5 Å². The molecule has 7 nitrogen and oxygen atoms in total. The zero-order chi connectivity index (χ0) is 20.6. The Balaban J connectivity index is 1.61. The summed E-state index contributed by atoms with van der Waals surface area (Å²) in [4.78, 5) is 28.0. The van der Waals surface area contributed by atoms with Crippen molar-refractivity contribution in [3.63, 3.8) is 0 Å². The standard InChI is InChI=1S/C21H25FN4O3/c1-2-9-23-20(27)21(28)24-15-18(19-8-5-14-29-19)26-12-10-25(11-13-26)17-7-4-3-6-16(17)22/h2-8,14,18H,1,9-13,15H2,(H,23,27)(H,24,28). The van der Waals surface area contributed by atoms with Crippen LogP contribution in [-0.2, 0) is 9.59 Å². The average Bonchev–Trinajstić information content (AvgIpc) is 3.27. The third-order valence-electron chi connectivity index (χ3n) is 4.89. The number of rotatable bonds is 7. The first-order chi connectivity index (χ1) is 14.1. The maximum absolute atomic E-state index is 14.1. The van der Waals surface area contributed by atoms with E-state index in [1.807, 2.05) is 17.0 Å². The van der Waals surface area contributed by atoms with E-state index in [1.54, 1.807) is 24.5 Å². The number of nitrogens with zero attached hydrogens (tertiary/aromatic N) is 2. The van der Waals surface area contributed by atoms with E-state index in [0.29, 0.717) is 37.6 Å². The molecule has 0 aliphatic carbocycles. The Morgan fingerprint density at radius 1 is 1.10 bits per heavy atom. The van der Waals surface area contributed by atoms with Gasteiger partial charge >= 0.3 is 11.8 Å². The first-order valence-corrected chi connectivity index (χ1v) is 9.54. The highest BCUT2D eigenvalue weighted by Gasteiger charge is 2.28. The highest BCUT2D eigenvalue weighted by Crippen LogP contribution is 2.25. The van der Waals surface area contributed by atoms with Gasteiger partial charge < -0.3 is 20.0 Å². The van der Waals surface area contributed by atoms with E-state index in [2.05, 4.69) is 22.1 Å². The van der Waals surface area contributed by atoms with Gasteiger partial charge in [-0.3, -0.25) is 14.5 Å². The number of halogens is 1. The molecule has 1 aliphatic heterocycles. The summed E-state index contributed by atoms with van der Waals surface area (Å²) in [5.74, 6) is -0.932. The number of furan rings is 1. The first-order valence-electron chi connectivity index (χ1n) is 9.54. The molecule has 1 atom stereocenters. The van der Waals surface area contributed by atoms with Crippen LogP contribution < -0.4 is 15.5 Å². The molecule has 0 radical (unpaired) electrons. The number of nitrogens with one attached hydrogen (secondary N) is 2. The lowest BCUT2D eigenvalue weighted by atomic mass is 10.1. The Hall–Kier alpha value is -3.13. The Labute approximate surface area is 169 Å². The minimum atomic E-state index is -0.701. The first kappa shape index (κ1) is 20.6. The Bertz CT molecular complexity index is 832. The van der Waals surface area contributed by atoms with E-state index in [1.165, 1.54) is 12.1 Å². The summed E-state index contributed by atoms with van der Waals surface area (Å²) in [5, 5.41) is 5.12. The fourth-order valence-electron chi connectivity index (χ4n) is 3.39. The fraction of sp³-hybridized carbons (Fsp3) is 0.333. The predicted octanol–water partition coefficient (Wildman–Crippen LogP) is 1.70. The van der Waals surface area contributed by atoms with Crippen LogP contribution in [0.15, 0.2) is 59.7 Å². The molecule has 154 valence electrons. The molecule has 0 saturated carbocycles. The molecule has 2 N–H and O–H groups in total.